The molecule has 1 aromatic carbocycles. The zero-order chi connectivity index (χ0) is 14.9. The zero-order valence-electron chi connectivity index (χ0n) is 12.7. The summed E-state index contributed by atoms with van der Waals surface area (Å²) in [5, 5.41) is 7.65. The van der Waals surface area contributed by atoms with Crippen LogP contribution in [0.4, 0.5) is 4.39 Å². The monoisotopic (exact) mass is 276 g/mol. The fourth-order valence-corrected chi connectivity index (χ4v) is 2.02. The summed E-state index contributed by atoms with van der Waals surface area (Å²) in [5.41, 5.74) is 1.27. The lowest BCUT2D eigenvalue weighted by atomic mass is 10.1. The maximum Gasteiger partial charge on any atom is 0.148 e. The second-order valence-electron chi connectivity index (χ2n) is 5.96. The van der Waals surface area contributed by atoms with Gasteiger partial charge in [-0.3, -0.25) is 0 Å². The first-order valence-corrected chi connectivity index (χ1v) is 6.71. The summed E-state index contributed by atoms with van der Waals surface area (Å²) in [6.45, 7) is 10.3. The number of rotatable bonds is 3. The van der Waals surface area contributed by atoms with Crippen LogP contribution in [-0.4, -0.2) is 20.3 Å². The van der Waals surface area contributed by atoms with Gasteiger partial charge in [-0.2, -0.15) is 5.10 Å². The molecule has 4 nitrogen and oxygen atoms in total. The minimum absolute atomic E-state index is 0.0765. The highest BCUT2D eigenvalue weighted by atomic mass is 19.1. The van der Waals surface area contributed by atoms with Crippen molar-refractivity contribution in [2.75, 3.05) is 0 Å². The van der Waals surface area contributed by atoms with Crippen LogP contribution in [0.5, 0.6) is 0 Å². The number of aryl methyl sites for hydroxylation is 2. The van der Waals surface area contributed by atoms with Crippen LogP contribution < -0.4 is 5.32 Å². The van der Waals surface area contributed by atoms with Crippen molar-refractivity contribution in [2.24, 2.45) is 0 Å². The van der Waals surface area contributed by atoms with E-state index in [0.717, 1.165) is 11.5 Å². The highest BCUT2D eigenvalue weighted by Gasteiger charge is 2.16. The van der Waals surface area contributed by atoms with Crippen molar-refractivity contribution in [3.8, 4) is 5.69 Å². The third-order valence-corrected chi connectivity index (χ3v) is 2.99. The second-order valence-corrected chi connectivity index (χ2v) is 5.96. The van der Waals surface area contributed by atoms with Crippen molar-refractivity contribution in [1.82, 2.24) is 20.1 Å². The van der Waals surface area contributed by atoms with Gasteiger partial charge in [0.25, 0.3) is 0 Å². The minimum atomic E-state index is -0.230. The number of nitrogens with one attached hydrogen (secondary N) is 1. The molecule has 0 fully saturated rings. The number of halogens is 1. The van der Waals surface area contributed by atoms with E-state index in [4.69, 9.17) is 0 Å². The normalized spacial score (nSPS) is 11.9. The molecule has 0 amide bonds. The van der Waals surface area contributed by atoms with Gasteiger partial charge in [0.05, 0.1) is 5.69 Å². The molecule has 1 N–H and O–H groups in total. The molecule has 0 aliphatic rings. The average molecular weight is 276 g/mol. The van der Waals surface area contributed by atoms with E-state index < -0.39 is 0 Å². The van der Waals surface area contributed by atoms with Crippen molar-refractivity contribution in [1.29, 1.82) is 0 Å². The first-order valence-electron chi connectivity index (χ1n) is 6.71. The highest BCUT2D eigenvalue weighted by Crippen LogP contribution is 2.19. The molecule has 0 bridgehead atoms. The number of nitrogens with zero attached hydrogens (tertiary/aromatic N) is 3. The van der Waals surface area contributed by atoms with Gasteiger partial charge in [-0.25, -0.2) is 14.1 Å². The van der Waals surface area contributed by atoms with Crippen LogP contribution in [0.25, 0.3) is 5.69 Å². The Morgan fingerprint density at radius 2 is 1.95 bits per heavy atom. The Kier molecular flexibility index (Phi) is 3.90. The molecular formula is C15H21FN4. The van der Waals surface area contributed by atoms with E-state index in [0.29, 0.717) is 17.9 Å². The quantitative estimate of drug-likeness (QED) is 0.937. The number of benzene rings is 1. The Labute approximate surface area is 119 Å². The average Bonchev–Trinajstić information content (AvgIpc) is 2.65. The SMILES string of the molecule is Cc1nc(C)n(-c2cccc(F)c2CNC(C)(C)C)n1. The predicted octanol–water partition coefficient (Wildman–Crippen LogP) is 2.91. The molecule has 0 saturated heterocycles. The lowest BCUT2D eigenvalue weighted by Crippen LogP contribution is -2.35. The molecule has 0 atom stereocenters. The summed E-state index contributed by atoms with van der Waals surface area (Å²) >= 11 is 0. The van der Waals surface area contributed by atoms with Crippen LogP contribution in [0.15, 0.2) is 18.2 Å². The Morgan fingerprint density at radius 1 is 1.25 bits per heavy atom. The van der Waals surface area contributed by atoms with Crippen LogP contribution in [0.3, 0.4) is 0 Å². The third-order valence-electron chi connectivity index (χ3n) is 2.99. The Balaban J connectivity index is 2.43. The van der Waals surface area contributed by atoms with E-state index in [1.165, 1.54) is 6.07 Å². The van der Waals surface area contributed by atoms with Crippen molar-refractivity contribution < 1.29 is 4.39 Å². The largest absolute Gasteiger partial charge is 0.308 e. The topological polar surface area (TPSA) is 42.7 Å². The number of hydrogen-bond acceptors (Lipinski definition) is 3. The van der Waals surface area contributed by atoms with Crippen LogP contribution in [-0.2, 0) is 6.54 Å². The molecule has 2 aromatic rings. The minimum Gasteiger partial charge on any atom is -0.308 e. The summed E-state index contributed by atoms with van der Waals surface area (Å²) in [5.74, 6) is 1.21. The van der Waals surface area contributed by atoms with Gasteiger partial charge < -0.3 is 5.32 Å². The molecule has 0 spiro atoms. The highest BCUT2D eigenvalue weighted by molar-refractivity contribution is 5.42. The summed E-state index contributed by atoms with van der Waals surface area (Å²) in [6.07, 6.45) is 0. The summed E-state index contributed by atoms with van der Waals surface area (Å²) in [7, 11) is 0. The molecule has 1 heterocycles. The molecule has 20 heavy (non-hydrogen) atoms. The molecule has 2 rings (SSSR count). The van der Waals surface area contributed by atoms with E-state index >= 15 is 0 Å². The van der Waals surface area contributed by atoms with Crippen molar-refractivity contribution in [2.45, 2.75) is 46.7 Å². The van der Waals surface area contributed by atoms with Crippen molar-refractivity contribution in [3.05, 3.63) is 41.2 Å². The molecule has 0 unspecified atom stereocenters. The maximum atomic E-state index is 14.1. The Morgan fingerprint density at radius 3 is 2.50 bits per heavy atom. The smallest absolute Gasteiger partial charge is 0.148 e. The van der Waals surface area contributed by atoms with E-state index in [1.807, 2.05) is 19.9 Å². The summed E-state index contributed by atoms with van der Waals surface area (Å²) < 4.78 is 15.8. The summed E-state index contributed by atoms with van der Waals surface area (Å²) in [4.78, 5) is 4.28. The molecule has 0 radical (unpaired) electrons. The standard InChI is InChI=1S/C15H21FN4/c1-10-18-11(2)20(19-10)14-8-6-7-13(16)12(14)9-17-15(3,4)5/h6-8,17H,9H2,1-5H3. The second kappa shape index (κ2) is 5.32. The van der Waals surface area contributed by atoms with E-state index in [-0.39, 0.29) is 11.4 Å². The fraction of sp³-hybridized carbons (Fsp3) is 0.467. The lowest BCUT2D eigenvalue weighted by molar-refractivity contribution is 0.418. The van der Waals surface area contributed by atoms with Gasteiger partial charge in [0.15, 0.2) is 0 Å². The molecule has 0 saturated carbocycles. The Hall–Kier alpha value is -1.75. The van der Waals surface area contributed by atoms with Gasteiger partial charge in [0.2, 0.25) is 0 Å². The number of hydrogen-bond donors (Lipinski definition) is 1. The zero-order valence-corrected chi connectivity index (χ0v) is 12.7. The van der Waals surface area contributed by atoms with Gasteiger partial charge in [-0.05, 0) is 46.8 Å². The van der Waals surface area contributed by atoms with Gasteiger partial charge in [-0.1, -0.05) is 6.07 Å². The fourth-order valence-electron chi connectivity index (χ4n) is 2.02. The van der Waals surface area contributed by atoms with Gasteiger partial charge in [-0.15, -0.1) is 0 Å². The maximum absolute atomic E-state index is 14.1. The Bertz CT molecular complexity index is 611. The predicted molar refractivity (Wildman–Crippen MR) is 77.4 cm³/mol. The molecular weight excluding hydrogens is 255 g/mol. The molecule has 0 aliphatic heterocycles. The molecule has 5 heteroatoms. The van der Waals surface area contributed by atoms with E-state index in [9.17, 15) is 4.39 Å². The van der Waals surface area contributed by atoms with Crippen molar-refractivity contribution in [3.63, 3.8) is 0 Å². The molecule has 108 valence electrons. The van der Waals surface area contributed by atoms with Gasteiger partial charge in [0.1, 0.15) is 17.5 Å². The van der Waals surface area contributed by atoms with Crippen LogP contribution in [0.2, 0.25) is 0 Å². The first-order chi connectivity index (χ1) is 9.28. The molecule has 1 aromatic heterocycles. The van der Waals surface area contributed by atoms with Crippen molar-refractivity contribution >= 4 is 0 Å². The van der Waals surface area contributed by atoms with E-state index in [1.54, 1.807) is 10.7 Å². The van der Waals surface area contributed by atoms with Crippen LogP contribution in [0, 0.1) is 19.7 Å². The number of aromatic nitrogens is 3. The lowest BCUT2D eigenvalue weighted by Gasteiger charge is -2.22. The first kappa shape index (κ1) is 14.7. The third kappa shape index (κ3) is 3.22. The molecule has 0 aliphatic carbocycles. The van der Waals surface area contributed by atoms with Crippen LogP contribution in [0.1, 0.15) is 38.0 Å². The summed E-state index contributed by atoms with van der Waals surface area (Å²) in [6, 6.07) is 5.04. The van der Waals surface area contributed by atoms with Gasteiger partial charge >= 0.3 is 0 Å². The van der Waals surface area contributed by atoms with Gasteiger partial charge in [0, 0.05) is 17.6 Å². The van der Waals surface area contributed by atoms with Crippen LogP contribution >= 0.6 is 0 Å². The van der Waals surface area contributed by atoms with E-state index in [2.05, 4.69) is 36.2 Å².